The Kier molecular flexibility index (Phi) is 4.27. The first-order chi connectivity index (χ1) is 14.3. The standard InChI is InChI=1S/C21H28N8/c1-2-10-27(11-3-1)29-13-4-6-17(29)20-23-19-7-5-12-28(19)21(24-20)22-18-14-16(25-26-18)15-8-9-15/h5,7,12,14-15,17H,1-4,6,8-11,13H2,(H2,22,23,24,25,26)/t17-/m0/s1. The highest BCUT2D eigenvalue weighted by Crippen LogP contribution is 2.40. The molecule has 0 spiro atoms. The number of aromatic nitrogens is 5. The van der Waals surface area contributed by atoms with Crippen LogP contribution in [0.3, 0.4) is 0 Å². The maximum Gasteiger partial charge on any atom is 0.216 e. The van der Waals surface area contributed by atoms with Gasteiger partial charge in [0.15, 0.2) is 11.6 Å². The van der Waals surface area contributed by atoms with Gasteiger partial charge in [-0.1, -0.05) is 6.42 Å². The van der Waals surface area contributed by atoms with Crippen molar-refractivity contribution in [1.29, 1.82) is 0 Å². The summed E-state index contributed by atoms with van der Waals surface area (Å²) in [4.78, 5) is 9.91. The summed E-state index contributed by atoms with van der Waals surface area (Å²) >= 11 is 0. The fraction of sp³-hybridized carbons (Fsp3) is 0.571. The molecule has 6 rings (SSSR count). The molecule has 2 aliphatic heterocycles. The molecule has 152 valence electrons. The second-order valence-electron chi connectivity index (χ2n) is 8.59. The Morgan fingerprint density at radius 1 is 1.00 bits per heavy atom. The zero-order valence-electron chi connectivity index (χ0n) is 16.7. The summed E-state index contributed by atoms with van der Waals surface area (Å²) in [5.74, 6) is 3.18. The topological polar surface area (TPSA) is 77.4 Å². The van der Waals surface area contributed by atoms with Crippen molar-refractivity contribution in [2.45, 2.75) is 56.9 Å². The molecule has 8 heteroatoms. The van der Waals surface area contributed by atoms with Crippen LogP contribution in [0.2, 0.25) is 0 Å². The van der Waals surface area contributed by atoms with Crippen LogP contribution in [0.25, 0.3) is 5.65 Å². The maximum atomic E-state index is 4.98. The summed E-state index contributed by atoms with van der Waals surface area (Å²) in [5.41, 5.74) is 2.15. The van der Waals surface area contributed by atoms with Crippen LogP contribution in [0.15, 0.2) is 24.4 Å². The summed E-state index contributed by atoms with van der Waals surface area (Å²) in [6.07, 6.45) is 10.8. The Bertz CT molecular complexity index is 997. The highest BCUT2D eigenvalue weighted by molar-refractivity contribution is 5.54. The zero-order chi connectivity index (χ0) is 19.2. The minimum absolute atomic E-state index is 0.259. The van der Waals surface area contributed by atoms with Gasteiger partial charge in [-0.25, -0.2) is 15.0 Å². The number of aromatic amines is 1. The Balaban J connectivity index is 1.32. The van der Waals surface area contributed by atoms with Gasteiger partial charge in [-0.3, -0.25) is 9.50 Å². The number of H-pyrrole nitrogens is 1. The fourth-order valence-electron chi connectivity index (χ4n) is 4.79. The molecule has 3 aromatic heterocycles. The molecule has 1 atom stereocenters. The number of rotatable bonds is 5. The Labute approximate surface area is 170 Å². The highest BCUT2D eigenvalue weighted by atomic mass is 15.6. The van der Waals surface area contributed by atoms with Crippen LogP contribution in [0.1, 0.15) is 68.4 Å². The monoisotopic (exact) mass is 392 g/mol. The molecular weight excluding hydrogens is 364 g/mol. The number of nitrogens with zero attached hydrogens (tertiary/aromatic N) is 6. The molecule has 3 fully saturated rings. The number of fused-ring (bicyclic) bond motifs is 1. The van der Waals surface area contributed by atoms with Crippen LogP contribution in [-0.4, -0.2) is 54.2 Å². The van der Waals surface area contributed by atoms with Gasteiger partial charge in [-0.15, -0.1) is 0 Å². The number of hydrogen-bond donors (Lipinski definition) is 2. The largest absolute Gasteiger partial charge is 0.308 e. The Morgan fingerprint density at radius 3 is 2.76 bits per heavy atom. The quantitative estimate of drug-likeness (QED) is 0.691. The first kappa shape index (κ1) is 17.4. The van der Waals surface area contributed by atoms with E-state index in [0.717, 1.165) is 49.3 Å². The van der Waals surface area contributed by atoms with Crippen molar-refractivity contribution >= 4 is 17.4 Å². The number of anilines is 2. The smallest absolute Gasteiger partial charge is 0.216 e. The van der Waals surface area contributed by atoms with Crippen LogP contribution in [0.5, 0.6) is 0 Å². The summed E-state index contributed by atoms with van der Waals surface area (Å²) in [7, 11) is 0. The van der Waals surface area contributed by atoms with Crippen LogP contribution >= 0.6 is 0 Å². The van der Waals surface area contributed by atoms with Gasteiger partial charge in [0.2, 0.25) is 5.95 Å². The SMILES string of the molecule is c1cc2nc([C@@H]3CCCN3N3CCCCC3)nc(Nc3cc(C4CC4)[nH]n3)n2c1. The Hall–Kier alpha value is -2.45. The molecular formula is C21H28N8. The van der Waals surface area contributed by atoms with Crippen LogP contribution < -0.4 is 5.32 Å². The normalized spacial score (nSPS) is 23.8. The molecule has 1 aliphatic carbocycles. The Morgan fingerprint density at radius 2 is 1.90 bits per heavy atom. The summed E-state index contributed by atoms with van der Waals surface area (Å²) in [5, 5.41) is 16.1. The van der Waals surface area contributed by atoms with Crippen molar-refractivity contribution in [3.05, 3.63) is 35.9 Å². The molecule has 3 aromatic rings. The average molecular weight is 393 g/mol. The van der Waals surface area contributed by atoms with Crippen LogP contribution in [-0.2, 0) is 0 Å². The van der Waals surface area contributed by atoms with Gasteiger partial charge in [0.05, 0.1) is 6.04 Å². The van der Waals surface area contributed by atoms with E-state index >= 15 is 0 Å². The molecule has 1 saturated carbocycles. The van der Waals surface area contributed by atoms with E-state index in [4.69, 9.17) is 9.97 Å². The number of piperidine rings is 1. The highest BCUT2D eigenvalue weighted by Gasteiger charge is 2.33. The predicted molar refractivity (Wildman–Crippen MR) is 111 cm³/mol. The van der Waals surface area contributed by atoms with Gasteiger partial charge in [0.1, 0.15) is 5.65 Å². The van der Waals surface area contributed by atoms with E-state index in [9.17, 15) is 0 Å². The van der Waals surface area contributed by atoms with Gasteiger partial charge in [0, 0.05) is 43.5 Å². The molecule has 5 heterocycles. The molecule has 0 bridgehead atoms. The van der Waals surface area contributed by atoms with Crippen molar-refractivity contribution in [2.24, 2.45) is 0 Å². The van der Waals surface area contributed by atoms with Crippen molar-refractivity contribution in [3.8, 4) is 0 Å². The van der Waals surface area contributed by atoms with E-state index in [1.807, 2.05) is 16.7 Å². The van der Waals surface area contributed by atoms with Crippen molar-refractivity contribution in [3.63, 3.8) is 0 Å². The molecule has 0 unspecified atom stereocenters. The number of hydrogen-bond acceptors (Lipinski definition) is 6. The summed E-state index contributed by atoms with van der Waals surface area (Å²) in [6, 6.07) is 6.45. The molecule has 3 aliphatic rings. The zero-order valence-corrected chi connectivity index (χ0v) is 16.7. The molecule has 0 amide bonds. The molecule has 0 aromatic carbocycles. The lowest BCUT2D eigenvalue weighted by molar-refractivity contribution is -0.0530. The third kappa shape index (κ3) is 3.30. The summed E-state index contributed by atoms with van der Waals surface area (Å²) in [6.45, 7) is 3.42. The van der Waals surface area contributed by atoms with Crippen LogP contribution in [0.4, 0.5) is 11.8 Å². The molecule has 0 radical (unpaired) electrons. The fourth-order valence-corrected chi connectivity index (χ4v) is 4.79. The lowest BCUT2D eigenvalue weighted by Crippen LogP contribution is -2.45. The number of hydrazine groups is 1. The first-order valence-electron chi connectivity index (χ1n) is 11.0. The van der Waals surface area contributed by atoms with E-state index in [1.54, 1.807) is 0 Å². The van der Waals surface area contributed by atoms with E-state index < -0.39 is 0 Å². The van der Waals surface area contributed by atoms with Gasteiger partial charge in [-0.05, 0) is 50.7 Å². The van der Waals surface area contributed by atoms with Gasteiger partial charge in [-0.2, -0.15) is 10.1 Å². The molecule has 29 heavy (non-hydrogen) atoms. The van der Waals surface area contributed by atoms with Crippen LogP contribution in [0, 0.1) is 0 Å². The predicted octanol–water partition coefficient (Wildman–Crippen LogP) is 3.61. The van der Waals surface area contributed by atoms with Crippen molar-refractivity contribution < 1.29 is 0 Å². The van der Waals surface area contributed by atoms with Crippen molar-refractivity contribution in [2.75, 3.05) is 25.0 Å². The van der Waals surface area contributed by atoms with Gasteiger partial charge in [0.25, 0.3) is 0 Å². The van der Waals surface area contributed by atoms with E-state index in [-0.39, 0.29) is 6.04 Å². The average Bonchev–Trinajstić information content (AvgIpc) is 3.14. The molecule has 8 nitrogen and oxygen atoms in total. The number of nitrogens with one attached hydrogen (secondary N) is 2. The first-order valence-corrected chi connectivity index (χ1v) is 11.0. The third-order valence-corrected chi connectivity index (χ3v) is 6.48. The lowest BCUT2D eigenvalue weighted by atomic mass is 10.1. The minimum atomic E-state index is 0.259. The molecule has 2 saturated heterocycles. The minimum Gasteiger partial charge on any atom is -0.308 e. The second-order valence-corrected chi connectivity index (χ2v) is 8.59. The van der Waals surface area contributed by atoms with E-state index in [2.05, 4.69) is 37.7 Å². The van der Waals surface area contributed by atoms with E-state index in [1.165, 1.54) is 44.2 Å². The van der Waals surface area contributed by atoms with Gasteiger partial charge >= 0.3 is 0 Å². The third-order valence-electron chi connectivity index (χ3n) is 6.48. The summed E-state index contributed by atoms with van der Waals surface area (Å²) < 4.78 is 2.01. The molecule has 2 N–H and O–H groups in total. The van der Waals surface area contributed by atoms with Gasteiger partial charge < -0.3 is 5.32 Å². The van der Waals surface area contributed by atoms with E-state index in [0.29, 0.717) is 5.92 Å². The van der Waals surface area contributed by atoms with Crippen molar-refractivity contribution in [1.82, 2.24) is 34.6 Å². The lowest BCUT2D eigenvalue weighted by Gasteiger charge is -2.38. The second kappa shape index (κ2) is 7.11. The maximum absolute atomic E-state index is 4.98.